The number of hydrogen-bond donors (Lipinski definition) is 1. The molecule has 0 amide bonds. The predicted octanol–water partition coefficient (Wildman–Crippen LogP) is 0.0810. The second kappa shape index (κ2) is 6.70. The Morgan fingerprint density at radius 3 is 2.71 bits per heavy atom. The van der Waals surface area contributed by atoms with Crippen molar-refractivity contribution in [3.05, 3.63) is 12.4 Å². The fraction of sp³-hybridized carbons (Fsp3) is 0.800. The third-order valence-electron chi connectivity index (χ3n) is 2.49. The second-order valence-corrected chi connectivity index (χ2v) is 6.86. The van der Waals surface area contributed by atoms with Gasteiger partial charge in [-0.05, 0) is 26.8 Å². The van der Waals surface area contributed by atoms with E-state index in [4.69, 9.17) is 0 Å². The van der Waals surface area contributed by atoms with E-state index in [-0.39, 0.29) is 11.0 Å². The van der Waals surface area contributed by atoms with E-state index >= 15 is 0 Å². The van der Waals surface area contributed by atoms with Crippen LogP contribution >= 0.6 is 0 Å². The lowest BCUT2D eigenvalue weighted by Crippen LogP contribution is -2.28. The van der Waals surface area contributed by atoms with Gasteiger partial charge in [0.25, 0.3) is 0 Å². The quantitative estimate of drug-likeness (QED) is 0.670. The van der Waals surface area contributed by atoms with Crippen LogP contribution in [0.25, 0.3) is 0 Å². The summed E-state index contributed by atoms with van der Waals surface area (Å²) in [5, 5.41) is 10.4. The third kappa shape index (κ3) is 5.27. The van der Waals surface area contributed by atoms with Crippen LogP contribution in [-0.2, 0) is 16.4 Å². The highest BCUT2D eigenvalue weighted by atomic mass is 32.2. The number of aromatic nitrogens is 3. The van der Waals surface area contributed by atoms with E-state index in [0.29, 0.717) is 6.54 Å². The molecular formula is C10H20N4O2S. The van der Waals surface area contributed by atoms with Crippen LogP contribution in [0, 0.1) is 0 Å². The largest absolute Gasteiger partial charge is 0.316 e. The molecule has 0 saturated carbocycles. The maximum absolute atomic E-state index is 11.5. The average Bonchev–Trinajstić information content (AvgIpc) is 2.75. The van der Waals surface area contributed by atoms with Crippen molar-refractivity contribution in [2.75, 3.05) is 18.8 Å². The SMILES string of the molecule is CC(C)S(=O)(=O)CCNCCCn1ccnn1. The first-order chi connectivity index (χ1) is 8.02. The summed E-state index contributed by atoms with van der Waals surface area (Å²) in [5.74, 6) is 0.202. The zero-order valence-corrected chi connectivity index (χ0v) is 11.2. The lowest BCUT2D eigenvalue weighted by Gasteiger charge is -2.08. The van der Waals surface area contributed by atoms with Crippen molar-refractivity contribution in [1.29, 1.82) is 0 Å². The van der Waals surface area contributed by atoms with Crippen LogP contribution in [0.5, 0.6) is 0 Å². The first-order valence-electron chi connectivity index (χ1n) is 5.79. The molecule has 0 bridgehead atoms. The van der Waals surface area contributed by atoms with E-state index in [1.54, 1.807) is 24.7 Å². The summed E-state index contributed by atoms with van der Waals surface area (Å²) in [6, 6.07) is 0. The van der Waals surface area contributed by atoms with Gasteiger partial charge in [0, 0.05) is 19.3 Å². The molecule has 6 nitrogen and oxygen atoms in total. The standard InChI is InChI=1S/C10H20N4O2S/c1-10(2)17(15,16)9-6-11-4-3-7-14-8-5-12-13-14/h5,8,10-11H,3-4,6-7,9H2,1-2H3. The highest BCUT2D eigenvalue weighted by Gasteiger charge is 2.14. The molecule has 1 aromatic rings. The molecular weight excluding hydrogens is 240 g/mol. The Morgan fingerprint density at radius 1 is 1.35 bits per heavy atom. The number of aryl methyl sites for hydroxylation is 1. The molecule has 7 heteroatoms. The van der Waals surface area contributed by atoms with Crippen LogP contribution in [0.15, 0.2) is 12.4 Å². The van der Waals surface area contributed by atoms with Crippen molar-refractivity contribution in [3.63, 3.8) is 0 Å². The molecule has 1 heterocycles. The van der Waals surface area contributed by atoms with Crippen molar-refractivity contribution in [1.82, 2.24) is 20.3 Å². The van der Waals surface area contributed by atoms with Gasteiger partial charge in [-0.1, -0.05) is 5.21 Å². The molecule has 0 atom stereocenters. The summed E-state index contributed by atoms with van der Waals surface area (Å²) < 4.78 is 24.7. The van der Waals surface area contributed by atoms with Gasteiger partial charge in [0.1, 0.15) is 0 Å². The lowest BCUT2D eigenvalue weighted by molar-refractivity contribution is 0.533. The molecule has 0 radical (unpaired) electrons. The molecule has 0 aliphatic rings. The van der Waals surface area contributed by atoms with Gasteiger partial charge in [-0.3, -0.25) is 4.68 Å². The Hall–Kier alpha value is -0.950. The maximum atomic E-state index is 11.5. The van der Waals surface area contributed by atoms with Crippen LogP contribution in [0.3, 0.4) is 0 Å². The van der Waals surface area contributed by atoms with E-state index in [1.165, 1.54) is 0 Å². The number of sulfone groups is 1. The zero-order valence-electron chi connectivity index (χ0n) is 10.3. The minimum absolute atomic E-state index is 0.202. The summed E-state index contributed by atoms with van der Waals surface area (Å²) in [6.07, 6.45) is 4.36. The number of hydrogen-bond acceptors (Lipinski definition) is 5. The van der Waals surface area contributed by atoms with Crippen LogP contribution in [0.1, 0.15) is 20.3 Å². The molecule has 0 unspecified atom stereocenters. The third-order valence-corrected chi connectivity index (χ3v) is 4.70. The molecule has 1 N–H and O–H groups in total. The first-order valence-corrected chi connectivity index (χ1v) is 7.50. The van der Waals surface area contributed by atoms with Gasteiger partial charge in [0.05, 0.1) is 17.2 Å². The number of rotatable bonds is 8. The molecule has 0 fully saturated rings. The molecule has 17 heavy (non-hydrogen) atoms. The molecule has 0 aliphatic heterocycles. The van der Waals surface area contributed by atoms with Crippen molar-refractivity contribution in [2.24, 2.45) is 0 Å². The van der Waals surface area contributed by atoms with E-state index < -0.39 is 9.84 Å². The Balaban J connectivity index is 2.05. The second-order valence-electron chi connectivity index (χ2n) is 4.19. The van der Waals surface area contributed by atoms with Gasteiger partial charge in [-0.15, -0.1) is 5.10 Å². The van der Waals surface area contributed by atoms with Gasteiger partial charge < -0.3 is 5.32 Å². The van der Waals surface area contributed by atoms with Gasteiger partial charge in [-0.2, -0.15) is 0 Å². The van der Waals surface area contributed by atoms with Crippen LogP contribution in [-0.4, -0.2) is 47.5 Å². The average molecular weight is 260 g/mol. The number of nitrogens with one attached hydrogen (secondary N) is 1. The molecule has 0 saturated heterocycles. The van der Waals surface area contributed by atoms with Crippen molar-refractivity contribution < 1.29 is 8.42 Å². The van der Waals surface area contributed by atoms with E-state index in [0.717, 1.165) is 19.5 Å². The molecule has 1 aromatic heterocycles. The van der Waals surface area contributed by atoms with Crippen LogP contribution in [0.4, 0.5) is 0 Å². The van der Waals surface area contributed by atoms with Gasteiger partial charge in [-0.25, -0.2) is 8.42 Å². The Bertz CT molecular complexity index is 400. The topological polar surface area (TPSA) is 76.9 Å². The molecule has 0 spiro atoms. The molecule has 0 aliphatic carbocycles. The summed E-state index contributed by atoms with van der Waals surface area (Å²) in [7, 11) is -2.92. The highest BCUT2D eigenvalue weighted by molar-refractivity contribution is 7.92. The minimum Gasteiger partial charge on any atom is -0.316 e. The van der Waals surface area contributed by atoms with Gasteiger partial charge in [0.2, 0.25) is 0 Å². The highest BCUT2D eigenvalue weighted by Crippen LogP contribution is 1.98. The first kappa shape index (κ1) is 14.1. The Labute approximate surface area is 102 Å². The summed E-state index contributed by atoms with van der Waals surface area (Å²) in [6.45, 7) is 5.51. The summed E-state index contributed by atoms with van der Waals surface area (Å²) in [4.78, 5) is 0. The fourth-order valence-corrected chi connectivity index (χ4v) is 2.19. The monoisotopic (exact) mass is 260 g/mol. The number of nitrogens with zero attached hydrogens (tertiary/aromatic N) is 3. The summed E-state index contributed by atoms with van der Waals surface area (Å²) in [5.41, 5.74) is 0. The van der Waals surface area contributed by atoms with E-state index in [9.17, 15) is 8.42 Å². The molecule has 0 aromatic carbocycles. The Morgan fingerprint density at radius 2 is 2.12 bits per heavy atom. The molecule has 1 rings (SSSR count). The van der Waals surface area contributed by atoms with E-state index in [1.807, 2.05) is 6.20 Å². The minimum atomic E-state index is -2.92. The van der Waals surface area contributed by atoms with Crippen molar-refractivity contribution in [2.45, 2.75) is 32.1 Å². The molecule has 98 valence electrons. The lowest BCUT2D eigenvalue weighted by atomic mass is 10.4. The predicted molar refractivity (Wildman–Crippen MR) is 66.4 cm³/mol. The zero-order chi connectivity index (χ0) is 12.7. The Kier molecular flexibility index (Phi) is 5.57. The smallest absolute Gasteiger partial charge is 0.153 e. The van der Waals surface area contributed by atoms with Crippen molar-refractivity contribution >= 4 is 9.84 Å². The van der Waals surface area contributed by atoms with Crippen LogP contribution < -0.4 is 5.32 Å². The van der Waals surface area contributed by atoms with Crippen LogP contribution in [0.2, 0.25) is 0 Å². The van der Waals surface area contributed by atoms with E-state index in [2.05, 4.69) is 15.6 Å². The fourth-order valence-electron chi connectivity index (χ4n) is 1.29. The maximum Gasteiger partial charge on any atom is 0.153 e. The van der Waals surface area contributed by atoms with Gasteiger partial charge >= 0.3 is 0 Å². The van der Waals surface area contributed by atoms with Crippen molar-refractivity contribution in [3.8, 4) is 0 Å². The summed E-state index contributed by atoms with van der Waals surface area (Å²) >= 11 is 0. The van der Waals surface area contributed by atoms with Gasteiger partial charge in [0.15, 0.2) is 9.84 Å². The normalized spacial score (nSPS) is 12.2.